The molecule has 1 saturated carbocycles. The van der Waals surface area contributed by atoms with Gasteiger partial charge < -0.3 is 15.6 Å². The van der Waals surface area contributed by atoms with E-state index in [-0.39, 0.29) is 0 Å². The largest absolute Gasteiger partial charge is 0.366 e. The summed E-state index contributed by atoms with van der Waals surface area (Å²) in [6.07, 6.45) is 10.6. The molecule has 2 atom stereocenters. The third kappa shape index (κ3) is 3.32. The lowest BCUT2D eigenvalue weighted by atomic mass is 9.79. The molecule has 0 aromatic carbocycles. The number of anilines is 1. The number of nitrogens with zero attached hydrogens (tertiary/aromatic N) is 4. The standard InChI is InChI=1S/C25H29N7/c1-14-11-26-8-7-20(14)30-25-22-19(16-4-3-5-16)12-27-13-21(22)31-24(32-25)17-6-9-28-23-18(17)10-15(2)29-23/h6,9-10,12-14,16,20,26H,3-5,7-8,11H2,1-2H3,(H,28,29)(H,30,31,32). The number of rotatable bonds is 4. The van der Waals surface area contributed by atoms with Crippen molar-refractivity contribution in [2.45, 2.75) is 51.5 Å². The summed E-state index contributed by atoms with van der Waals surface area (Å²) in [5.41, 5.74) is 5.15. The summed E-state index contributed by atoms with van der Waals surface area (Å²) in [5, 5.41) is 9.54. The molecule has 7 heteroatoms. The van der Waals surface area contributed by atoms with Crippen LogP contribution < -0.4 is 10.6 Å². The quantitative estimate of drug-likeness (QED) is 0.442. The number of H-pyrrole nitrogens is 1. The molecule has 5 heterocycles. The van der Waals surface area contributed by atoms with Crippen LogP contribution in [-0.2, 0) is 0 Å². The lowest BCUT2D eigenvalue weighted by Crippen LogP contribution is -2.42. The zero-order valence-corrected chi connectivity index (χ0v) is 18.7. The van der Waals surface area contributed by atoms with Crippen LogP contribution in [0.15, 0.2) is 30.7 Å². The summed E-state index contributed by atoms with van der Waals surface area (Å²) < 4.78 is 0. The second-order valence-electron chi connectivity index (χ2n) is 9.44. The van der Waals surface area contributed by atoms with Crippen molar-refractivity contribution in [1.29, 1.82) is 0 Å². The first-order valence-electron chi connectivity index (χ1n) is 11.7. The first-order chi connectivity index (χ1) is 15.7. The van der Waals surface area contributed by atoms with E-state index in [1.165, 1.54) is 24.8 Å². The number of fused-ring (bicyclic) bond motifs is 2. The van der Waals surface area contributed by atoms with Gasteiger partial charge in [0.05, 0.1) is 11.7 Å². The molecule has 6 rings (SSSR count). The van der Waals surface area contributed by atoms with Gasteiger partial charge in [0.15, 0.2) is 5.82 Å². The molecule has 0 radical (unpaired) electrons. The van der Waals surface area contributed by atoms with Gasteiger partial charge in [-0.05, 0) is 68.8 Å². The van der Waals surface area contributed by atoms with E-state index in [2.05, 4.69) is 38.6 Å². The number of aromatic amines is 1. The summed E-state index contributed by atoms with van der Waals surface area (Å²) in [7, 11) is 0. The molecule has 7 nitrogen and oxygen atoms in total. The molecule has 0 bridgehead atoms. The highest BCUT2D eigenvalue weighted by Gasteiger charge is 2.27. The van der Waals surface area contributed by atoms with Gasteiger partial charge in [0.2, 0.25) is 0 Å². The van der Waals surface area contributed by atoms with Gasteiger partial charge >= 0.3 is 0 Å². The number of aryl methyl sites for hydroxylation is 1. The Kier molecular flexibility index (Phi) is 4.79. The van der Waals surface area contributed by atoms with Gasteiger partial charge in [-0.2, -0.15) is 0 Å². The van der Waals surface area contributed by atoms with Gasteiger partial charge in [-0.1, -0.05) is 13.3 Å². The zero-order valence-electron chi connectivity index (χ0n) is 18.7. The second kappa shape index (κ2) is 7.81. The highest BCUT2D eigenvalue weighted by atomic mass is 15.1. The van der Waals surface area contributed by atoms with Crippen LogP contribution in [0.25, 0.3) is 33.3 Å². The van der Waals surface area contributed by atoms with Crippen molar-refractivity contribution >= 4 is 27.8 Å². The molecule has 1 aliphatic heterocycles. The maximum atomic E-state index is 5.15. The Morgan fingerprint density at radius 3 is 2.84 bits per heavy atom. The maximum Gasteiger partial charge on any atom is 0.163 e. The molecule has 1 aliphatic carbocycles. The number of pyridine rings is 2. The average molecular weight is 428 g/mol. The number of piperidine rings is 1. The first kappa shape index (κ1) is 19.6. The minimum absolute atomic E-state index is 0.386. The molecule has 3 N–H and O–H groups in total. The molecule has 4 aromatic heterocycles. The molecule has 2 aliphatic rings. The molecule has 0 amide bonds. The van der Waals surface area contributed by atoms with Crippen molar-refractivity contribution in [1.82, 2.24) is 30.2 Å². The monoisotopic (exact) mass is 427 g/mol. The Hall–Kier alpha value is -3.06. The molecular weight excluding hydrogens is 398 g/mol. The van der Waals surface area contributed by atoms with Crippen LogP contribution in [-0.4, -0.2) is 44.1 Å². The third-order valence-electron chi connectivity index (χ3n) is 7.20. The van der Waals surface area contributed by atoms with Crippen LogP contribution in [0.2, 0.25) is 0 Å². The summed E-state index contributed by atoms with van der Waals surface area (Å²) in [5.74, 6) is 2.77. The first-order valence-corrected chi connectivity index (χ1v) is 11.7. The molecule has 4 aromatic rings. The fourth-order valence-electron chi connectivity index (χ4n) is 5.12. The zero-order chi connectivity index (χ0) is 21.7. The van der Waals surface area contributed by atoms with Crippen molar-refractivity contribution in [2.24, 2.45) is 5.92 Å². The molecular formula is C25H29N7. The molecule has 0 spiro atoms. The fourth-order valence-corrected chi connectivity index (χ4v) is 5.12. The van der Waals surface area contributed by atoms with E-state index in [9.17, 15) is 0 Å². The number of aromatic nitrogens is 5. The predicted octanol–water partition coefficient (Wildman–Crippen LogP) is 4.55. The second-order valence-corrected chi connectivity index (χ2v) is 9.44. The van der Waals surface area contributed by atoms with Crippen molar-refractivity contribution in [3.05, 3.63) is 42.0 Å². The predicted molar refractivity (Wildman–Crippen MR) is 128 cm³/mol. The van der Waals surface area contributed by atoms with Crippen LogP contribution >= 0.6 is 0 Å². The van der Waals surface area contributed by atoms with Crippen LogP contribution in [0.1, 0.15) is 49.8 Å². The summed E-state index contributed by atoms with van der Waals surface area (Å²) >= 11 is 0. The number of hydrogen-bond donors (Lipinski definition) is 3. The van der Waals surface area contributed by atoms with Gasteiger partial charge in [-0.3, -0.25) is 4.98 Å². The minimum Gasteiger partial charge on any atom is -0.366 e. The van der Waals surface area contributed by atoms with Gasteiger partial charge in [-0.15, -0.1) is 0 Å². The van der Waals surface area contributed by atoms with Crippen LogP contribution in [0.5, 0.6) is 0 Å². The Morgan fingerprint density at radius 2 is 2.03 bits per heavy atom. The number of hydrogen-bond acceptors (Lipinski definition) is 6. The highest BCUT2D eigenvalue weighted by Crippen LogP contribution is 2.41. The van der Waals surface area contributed by atoms with E-state index in [0.717, 1.165) is 64.3 Å². The Labute approximate surface area is 187 Å². The SMILES string of the molecule is Cc1cc2c(-c3nc(NC4CCNCC4C)c4c(C5CCC5)cncc4n3)ccnc2[nH]1. The highest BCUT2D eigenvalue weighted by molar-refractivity contribution is 5.97. The van der Waals surface area contributed by atoms with Gasteiger partial charge in [-0.25, -0.2) is 15.0 Å². The van der Waals surface area contributed by atoms with Crippen LogP contribution in [0.4, 0.5) is 5.82 Å². The fraction of sp³-hybridized carbons (Fsp3) is 0.440. The normalized spacial score (nSPS) is 21.7. The topological polar surface area (TPSA) is 91.4 Å². The molecule has 164 valence electrons. The van der Waals surface area contributed by atoms with E-state index in [0.29, 0.717) is 17.9 Å². The Morgan fingerprint density at radius 1 is 1.12 bits per heavy atom. The summed E-state index contributed by atoms with van der Waals surface area (Å²) in [6, 6.07) is 4.52. The van der Waals surface area contributed by atoms with E-state index >= 15 is 0 Å². The minimum atomic E-state index is 0.386. The van der Waals surface area contributed by atoms with Crippen molar-refractivity contribution in [3.8, 4) is 11.4 Å². The molecule has 2 unspecified atom stereocenters. The third-order valence-corrected chi connectivity index (χ3v) is 7.20. The summed E-state index contributed by atoms with van der Waals surface area (Å²) in [6.45, 7) is 6.41. The van der Waals surface area contributed by atoms with E-state index in [4.69, 9.17) is 9.97 Å². The molecule has 32 heavy (non-hydrogen) atoms. The molecule has 1 saturated heterocycles. The van der Waals surface area contributed by atoms with Crippen LogP contribution in [0, 0.1) is 12.8 Å². The average Bonchev–Trinajstić information content (AvgIpc) is 3.14. The van der Waals surface area contributed by atoms with E-state index in [1.807, 2.05) is 31.6 Å². The van der Waals surface area contributed by atoms with Crippen molar-refractivity contribution in [2.75, 3.05) is 18.4 Å². The summed E-state index contributed by atoms with van der Waals surface area (Å²) in [4.78, 5) is 22.5. The van der Waals surface area contributed by atoms with Crippen molar-refractivity contribution in [3.63, 3.8) is 0 Å². The smallest absolute Gasteiger partial charge is 0.163 e. The van der Waals surface area contributed by atoms with Gasteiger partial charge in [0, 0.05) is 40.5 Å². The lowest BCUT2D eigenvalue weighted by Gasteiger charge is -2.32. The van der Waals surface area contributed by atoms with E-state index < -0.39 is 0 Å². The Bertz CT molecular complexity index is 1290. The van der Waals surface area contributed by atoms with Crippen molar-refractivity contribution < 1.29 is 0 Å². The lowest BCUT2D eigenvalue weighted by molar-refractivity contribution is 0.368. The van der Waals surface area contributed by atoms with E-state index in [1.54, 1.807) is 0 Å². The van der Waals surface area contributed by atoms with Gasteiger partial charge in [0.25, 0.3) is 0 Å². The van der Waals surface area contributed by atoms with Crippen LogP contribution in [0.3, 0.4) is 0 Å². The maximum absolute atomic E-state index is 5.15. The van der Waals surface area contributed by atoms with Gasteiger partial charge in [0.1, 0.15) is 11.5 Å². The Balaban J connectivity index is 1.54. The number of nitrogens with one attached hydrogen (secondary N) is 3. The molecule has 2 fully saturated rings.